The van der Waals surface area contributed by atoms with Crippen molar-refractivity contribution in [1.82, 2.24) is 4.90 Å². The van der Waals surface area contributed by atoms with Crippen molar-refractivity contribution in [1.29, 1.82) is 0 Å². The predicted molar refractivity (Wildman–Crippen MR) is 78.8 cm³/mol. The minimum atomic E-state index is 0.00644. The Kier molecular flexibility index (Phi) is 5.60. The first kappa shape index (κ1) is 15.0. The molecule has 1 aliphatic rings. The van der Waals surface area contributed by atoms with Crippen molar-refractivity contribution >= 4 is 17.2 Å². The fourth-order valence-corrected chi connectivity index (χ4v) is 2.87. The monoisotopic (exact) mass is 293 g/mol. The van der Waals surface area contributed by atoms with Crippen LogP contribution in [0.2, 0.25) is 0 Å². The van der Waals surface area contributed by atoms with Gasteiger partial charge in [0.05, 0.1) is 23.2 Å². The van der Waals surface area contributed by atoms with E-state index in [0.29, 0.717) is 18.5 Å². The van der Waals surface area contributed by atoms with Crippen LogP contribution < -0.4 is 0 Å². The van der Waals surface area contributed by atoms with E-state index >= 15 is 0 Å². The minimum Gasteiger partial charge on any atom is -0.395 e. The highest BCUT2D eigenvalue weighted by Gasteiger charge is 2.21. The molecule has 1 aliphatic heterocycles. The van der Waals surface area contributed by atoms with E-state index in [1.165, 1.54) is 11.3 Å². The molecule has 0 aromatic carbocycles. The number of likely N-dealkylation sites (N-methyl/N-ethyl adjacent to an activating group) is 1. The zero-order valence-electron chi connectivity index (χ0n) is 11.6. The third-order valence-corrected chi connectivity index (χ3v) is 3.99. The van der Waals surface area contributed by atoms with Gasteiger partial charge in [-0.25, -0.2) is 0 Å². The molecule has 20 heavy (non-hydrogen) atoms. The number of nitrogens with zero attached hydrogens (tertiary/aromatic N) is 1. The third-order valence-electron chi connectivity index (χ3n) is 3.14. The summed E-state index contributed by atoms with van der Waals surface area (Å²) in [5.41, 5.74) is 0.670. The van der Waals surface area contributed by atoms with Crippen LogP contribution in [0.4, 0.5) is 0 Å². The molecule has 0 radical (unpaired) electrons. The van der Waals surface area contributed by atoms with Gasteiger partial charge >= 0.3 is 0 Å². The van der Waals surface area contributed by atoms with Crippen molar-refractivity contribution in [3.63, 3.8) is 0 Å². The number of carbonyl (C=O) groups excluding carboxylic acids is 1. The van der Waals surface area contributed by atoms with E-state index in [1.807, 2.05) is 11.4 Å². The molecule has 1 aromatic rings. The average molecular weight is 293 g/mol. The van der Waals surface area contributed by atoms with E-state index in [0.717, 1.165) is 24.3 Å². The second-order valence-electron chi connectivity index (χ2n) is 4.80. The number of hydrogen-bond acceptors (Lipinski definition) is 4. The molecular weight excluding hydrogens is 274 g/mol. The van der Waals surface area contributed by atoms with E-state index < -0.39 is 0 Å². The zero-order valence-corrected chi connectivity index (χ0v) is 12.4. The summed E-state index contributed by atoms with van der Waals surface area (Å²) in [4.78, 5) is 14.8. The molecule has 4 nitrogen and oxygen atoms in total. The number of thiophene rings is 1. The molecular formula is C15H19NO3S. The molecule has 0 aliphatic carbocycles. The summed E-state index contributed by atoms with van der Waals surface area (Å²) in [5.74, 6) is 5.81. The van der Waals surface area contributed by atoms with Gasteiger partial charge in [-0.05, 0) is 18.9 Å². The van der Waals surface area contributed by atoms with Gasteiger partial charge in [-0.1, -0.05) is 11.8 Å². The van der Waals surface area contributed by atoms with Crippen molar-refractivity contribution in [2.24, 2.45) is 0 Å². The largest absolute Gasteiger partial charge is 0.395 e. The van der Waals surface area contributed by atoms with Gasteiger partial charge in [0.15, 0.2) is 0 Å². The number of amides is 1. The number of hydrogen-bond donors (Lipinski definition) is 1. The summed E-state index contributed by atoms with van der Waals surface area (Å²) in [5, 5.41) is 10.5. The lowest BCUT2D eigenvalue weighted by Gasteiger charge is -2.20. The molecule has 2 rings (SSSR count). The van der Waals surface area contributed by atoms with Crippen LogP contribution in [0.15, 0.2) is 11.4 Å². The molecule has 1 amide bonds. The number of aliphatic hydroxyl groups excluding tert-OH is 1. The van der Waals surface area contributed by atoms with Gasteiger partial charge in [-0.2, -0.15) is 0 Å². The third kappa shape index (κ3) is 4.07. The molecule has 5 heteroatoms. The van der Waals surface area contributed by atoms with Crippen LogP contribution in [0.3, 0.4) is 0 Å². The van der Waals surface area contributed by atoms with E-state index in [1.54, 1.807) is 11.9 Å². The maximum absolute atomic E-state index is 12.3. The smallest absolute Gasteiger partial charge is 0.254 e. The quantitative estimate of drug-likeness (QED) is 0.860. The summed E-state index contributed by atoms with van der Waals surface area (Å²) in [7, 11) is 1.80. The Balaban J connectivity index is 1.93. The topological polar surface area (TPSA) is 49.8 Å². The second-order valence-corrected chi connectivity index (χ2v) is 5.71. The highest BCUT2D eigenvalue weighted by molar-refractivity contribution is 7.10. The van der Waals surface area contributed by atoms with Crippen LogP contribution in [-0.4, -0.2) is 48.8 Å². The van der Waals surface area contributed by atoms with E-state index in [-0.39, 0.29) is 18.6 Å². The molecule has 0 spiro atoms. The van der Waals surface area contributed by atoms with Gasteiger partial charge in [-0.15, -0.1) is 11.3 Å². The van der Waals surface area contributed by atoms with Crippen molar-refractivity contribution in [2.45, 2.75) is 25.4 Å². The van der Waals surface area contributed by atoms with Crippen molar-refractivity contribution in [3.8, 4) is 11.8 Å². The van der Waals surface area contributed by atoms with Crippen LogP contribution in [0, 0.1) is 11.8 Å². The standard InChI is InChI=1S/C15H19NO3S/c1-16(10-13-5-4-8-19-13)15(18)12-9-14(20-11-12)6-2-3-7-17/h9,11,13,17H,3-5,7-8,10H2,1H3. The van der Waals surface area contributed by atoms with Crippen LogP contribution >= 0.6 is 11.3 Å². The van der Waals surface area contributed by atoms with E-state index in [4.69, 9.17) is 9.84 Å². The summed E-state index contributed by atoms with van der Waals surface area (Å²) in [6.07, 6.45) is 2.74. The lowest BCUT2D eigenvalue weighted by Crippen LogP contribution is -2.33. The summed E-state index contributed by atoms with van der Waals surface area (Å²) < 4.78 is 5.54. The summed E-state index contributed by atoms with van der Waals surface area (Å²) >= 11 is 1.45. The van der Waals surface area contributed by atoms with E-state index in [9.17, 15) is 4.79 Å². The first-order valence-electron chi connectivity index (χ1n) is 6.76. The molecule has 0 saturated carbocycles. The van der Waals surface area contributed by atoms with Crippen molar-refractivity contribution in [2.75, 3.05) is 26.8 Å². The van der Waals surface area contributed by atoms with Gasteiger partial charge in [0.1, 0.15) is 0 Å². The highest BCUT2D eigenvalue weighted by Crippen LogP contribution is 2.17. The molecule has 0 bridgehead atoms. The Labute approximate surface area is 123 Å². The number of ether oxygens (including phenoxy) is 1. The van der Waals surface area contributed by atoms with Gasteiger partial charge < -0.3 is 14.7 Å². The maximum atomic E-state index is 12.3. The van der Waals surface area contributed by atoms with E-state index in [2.05, 4.69) is 11.8 Å². The molecule has 1 saturated heterocycles. The van der Waals surface area contributed by atoms with Crippen LogP contribution in [0.1, 0.15) is 34.5 Å². The zero-order chi connectivity index (χ0) is 14.4. The second kappa shape index (κ2) is 7.44. The lowest BCUT2D eigenvalue weighted by atomic mass is 10.2. The Morgan fingerprint density at radius 2 is 2.50 bits per heavy atom. The summed E-state index contributed by atoms with van der Waals surface area (Å²) in [6, 6.07) is 1.81. The van der Waals surface area contributed by atoms with Gasteiger partial charge in [-0.3, -0.25) is 4.79 Å². The Morgan fingerprint density at radius 3 is 3.20 bits per heavy atom. The summed E-state index contributed by atoms with van der Waals surface area (Å²) in [6.45, 7) is 1.50. The first-order chi connectivity index (χ1) is 9.70. The lowest BCUT2D eigenvalue weighted by molar-refractivity contribution is 0.0587. The number of rotatable bonds is 4. The highest BCUT2D eigenvalue weighted by atomic mass is 32.1. The van der Waals surface area contributed by atoms with Gasteiger partial charge in [0.25, 0.3) is 5.91 Å². The first-order valence-corrected chi connectivity index (χ1v) is 7.64. The Hall–Kier alpha value is -1.35. The Morgan fingerprint density at radius 1 is 1.65 bits per heavy atom. The molecule has 1 unspecified atom stereocenters. The SMILES string of the molecule is CN(CC1CCCO1)C(=O)c1csc(C#CCCO)c1. The average Bonchev–Trinajstić information content (AvgIpc) is 3.09. The molecule has 108 valence electrons. The predicted octanol–water partition coefficient (Wildman–Crippen LogP) is 1.73. The van der Waals surface area contributed by atoms with Crippen LogP contribution in [0.5, 0.6) is 0 Å². The van der Waals surface area contributed by atoms with Crippen LogP contribution in [-0.2, 0) is 4.74 Å². The molecule has 1 fully saturated rings. The fourth-order valence-electron chi connectivity index (χ4n) is 2.12. The van der Waals surface area contributed by atoms with Gasteiger partial charge in [0, 0.05) is 32.0 Å². The normalized spacial score (nSPS) is 17.6. The Bertz CT molecular complexity index is 509. The molecule has 2 heterocycles. The molecule has 1 aromatic heterocycles. The minimum absolute atomic E-state index is 0.00644. The maximum Gasteiger partial charge on any atom is 0.254 e. The van der Waals surface area contributed by atoms with Crippen molar-refractivity contribution in [3.05, 3.63) is 21.9 Å². The fraction of sp³-hybridized carbons (Fsp3) is 0.533. The molecule has 1 atom stereocenters. The van der Waals surface area contributed by atoms with Crippen molar-refractivity contribution < 1.29 is 14.6 Å². The number of carbonyl (C=O) groups is 1. The van der Waals surface area contributed by atoms with Gasteiger partial charge in [0.2, 0.25) is 0 Å². The molecule has 1 N–H and O–H groups in total. The number of aliphatic hydroxyl groups is 1. The van der Waals surface area contributed by atoms with Crippen LogP contribution in [0.25, 0.3) is 0 Å².